The molecule has 174 valence electrons. The minimum atomic E-state index is -1.42. The zero-order valence-corrected chi connectivity index (χ0v) is 18.4. The average molecular weight is 445 g/mol. The Hall–Kier alpha value is -2.78. The average Bonchev–Trinajstić information content (AvgIpc) is 3.48. The fourth-order valence-corrected chi connectivity index (χ4v) is 4.49. The number of aliphatic hydroxyl groups is 1. The first-order valence-electron chi connectivity index (χ1n) is 11.2. The van der Waals surface area contributed by atoms with E-state index in [2.05, 4.69) is 5.32 Å². The van der Waals surface area contributed by atoms with Crippen LogP contribution in [0.3, 0.4) is 0 Å². The number of hydrogen-bond acceptors (Lipinski definition) is 6. The summed E-state index contributed by atoms with van der Waals surface area (Å²) in [6.45, 7) is 2.35. The maximum Gasteiger partial charge on any atom is 0.253 e. The van der Waals surface area contributed by atoms with Crippen LogP contribution in [0.25, 0.3) is 0 Å². The summed E-state index contributed by atoms with van der Waals surface area (Å²) < 4.78 is 0. The molecular formula is C23H32N4O5. The van der Waals surface area contributed by atoms with E-state index in [1.54, 1.807) is 6.92 Å². The molecule has 2 heterocycles. The number of aliphatic hydroxyl groups excluding tert-OH is 1. The first-order chi connectivity index (χ1) is 15.3. The van der Waals surface area contributed by atoms with Gasteiger partial charge in [-0.3, -0.25) is 14.4 Å². The second kappa shape index (κ2) is 10.7. The summed E-state index contributed by atoms with van der Waals surface area (Å²) >= 11 is 0. The minimum Gasteiger partial charge on any atom is -0.382 e. The Morgan fingerprint density at radius 1 is 1.12 bits per heavy atom. The topological polar surface area (TPSA) is 133 Å². The number of rotatable bonds is 8. The lowest BCUT2D eigenvalue weighted by Crippen LogP contribution is -2.56. The highest BCUT2D eigenvalue weighted by atomic mass is 16.3. The van der Waals surface area contributed by atoms with E-state index in [0.29, 0.717) is 51.5 Å². The molecule has 5 atom stereocenters. The van der Waals surface area contributed by atoms with Crippen LogP contribution in [0.2, 0.25) is 0 Å². The number of aldehydes is 1. The van der Waals surface area contributed by atoms with Gasteiger partial charge in [-0.25, -0.2) is 0 Å². The standard InChI is InChI=1S/C23H32N4O5/c1-15(14-28)25-21(30)18-9-5-11-26(18)22(31)19-10-6-12-27(19)23(32)20(29)17(24)13-16-7-3-2-4-8-16/h2-4,7-8,14-15,17-20,29H,5-6,9-13,24H2,1H3,(H,25,30)/t15-,17+,18-,19-,20-/m0/s1. The van der Waals surface area contributed by atoms with Gasteiger partial charge in [0.05, 0.1) is 6.04 Å². The van der Waals surface area contributed by atoms with Gasteiger partial charge in [-0.2, -0.15) is 0 Å². The van der Waals surface area contributed by atoms with E-state index in [9.17, 15) is 24.3 Å². The second-order valence-electron chi connectivity index (χ2n) is 8.61. The van der Waals surface area contributed by atoms with Crippen LogP contribution in [0.1, 0.15) is 38.2 Å². The summed E-state index contributed by atoms with van der Waals surface area (Å²) in [7, 11) is 0. The molecule has 0 bridgehead atoms. The van der Waals surface area contributed by atoms with Crippen LogP contribution in [0.5, 0.6) is 0 Å². The summed E-state index contributed by atoms with van der Waals surface area (Å²) in [5.74, 6) is -1.22. The van der Waals surface area contributed by atoms with Gasteiger partial charge in [0.15, 0.2) is 0 Å². The molecule has 0 radical (unpaired) electrons. The van der Waals surface area contributed by atoms with E-state index in [4.69, 9.17) is 5.73 Å². The van der Waals surface area contributed by atoms with Gasteiger partial charge in [0.25, 0.3) is 5.91 Å². The van der Waals surface area contributed by atoms with Gasteiger partial charge in [-0.05, 0) is 44.6 Å². The fourth-order valence-electron chi connectivity index (χ4n) is 4.49. The number of carbonyl (C=O) groups excluding carboxylic acids is 4. The molecule has 3 amide bonds. The molecule has 32 heavy (non-hydrogen) atoms. The number of nitrogens with one attached hydrogen (secondary N) is 1. The van der Waals surface area contributed by atoms with Crippen molar-refractivity contribution in [2.45, 2.75) is 69.3 Å². The van der Waals surface area contributed by atoms with Crippen molar-refractivity contribution in [3.05, 3.63) is 35.9 Å². The monoisotopic (exact) mass is 444 g/mol. The highest BCUT2D eigenvalue weighted by Gasteiger charge is 2.43. The quantitative estimate of drug-likeness (QED) is 0.468. The SMILES string of the molecule is C[C@@H](C=O)NC(=O)[C@@H]1CCCN1C(=O)[C@@H]1CCCN1C(=O)[C@@H](O)[C@H](N)Cc1ccccc1. The van der Waals surface area contributed by atoms with Crippen LogP contribution in [0.4, 0.5) is 0 Å². The smallest absolute Gasteiger partial charge is 0.253 e. The molecule has 2 aliphatic rings. The predicted octanol–water partition coefficient (Wildman–Crippen LogP) is -0.397. The van der Waals surface area contributed by atoms with Crippen molar-refractivity contribution >= 4 is 24.0 Å². The van der Waals surface area contributed by atoms with Crippen molar-refractivity contribution in [3.8, 4) is 0 Å². The predicted molar refractivity (Wildman–Crippen MR) is 117 cm³/mol. The molecule has 1 aromatic rings. The summed E-state index contributed by atoms with van der Waals surface area (Å²) in [5, 5.41) is 13.2. The van der Waals surface area contributed by atoms with Crippen molar-refractivity contribution in [2.75, 3.05) is 13.1 Å². The third kappa shape index (κ3) is 5.34. The molecular weight excluding hydrogens is 412 g/mol. The Labute approximate surface area is 187 Å². The Balaban J connectivity index is 1.65. The Morgan fingerprint density at radius 2 is 1.75 bits per heavy atom. The summed E-state index contributed by atoms with van der Waals surface area (Å²) in [5.41, 5.74) is 7.02. The number of amides is 3. The van der Waals surface area contributed by atoms with Gasteiger partial charge in [0.2, 0.25) is 11.8 Å². The maximum absolute atomic E-state index is 13.3. The van der Waals surface area contributed by atoms with E-state index >= 15 is 0 Å². The molecule has 2 aliphatic heterocycles. The minimum absolute atomic E-state index is 0.295. The molecule has 1 aromatic carbocycles. The van der Waals surface area contributed by atoms with Crippen LogP contribution < -0.4 is 11.1 Å². The van der Waals surface area contributed by atoms with E-state index in [1.165, 1.54) is 9.80 Å². The van der Waals surface area contributed by atoms with E-state index in [1.807, 2.05) is 30.3 Å². The van der Waals surface area contributed by atoms with Crippen molar-refractivity contribution in [1.82, 2.24) is 15.1 Å². The van der Waals surface area contributed by atoms with Crippen molar-refractivity contribution in [1.29, 1.82) is 0 Å². The van der Waals surface area contributed by atoms with Gasteiger partial charge in [-0.1, -0.05) is 30.3 Å². The van der Waals surface area contributed by atoms with Gasteiger partial charge >= 0.3 is 0 Å². The van der Waals surface area contributed by atoms with Gasteiger partial charge in [0.1, 0.15) is 24.5 Å². The number of carbonyl (C=O) groups is 4. The number of benzene rings is 1. The maximum atomic E-state index is 13.3. The molecule has 0 aliphatic carbocycles. The highest BCUT2D eigenvalue weighted by molar-refractivity contribution is 5.94. The zero-order chi connectivity index (χ0) is 23.3. The van der Waals surface area contributed by atoms with Gasteiger partial charge in [-0.15, -0.1) is 0 Å². The number of nitrogens with zero attached hydrogens (tertiary/aromatic N) is 2. The third-order valence-electron chi connectivity index (χ3n) is 6.21. The molecule has 0 saturated carbocycles. The number of nitrogens with two attached hydrogens (primary N) is 1. The Morgan fingerprint density at radius 3 is 2.41 bits per heavy atom. The molecule has 0 unspecified atom stereocenters. The second-order valence-corrected chi connectivity index (χ2v) is 8.61. The van der Waals surface area contributed by atoms with Crippen molar-refractivity contribution in [2.24, 2.45) is 5.73 Å². The Kier molecular flexibility index (Phi) is 7.98. The highest BCUT2D eigenvalue weighted by Crippen LogP contribution is 2.26. The van der Waals surface area contributed by atoms with Crippen LogP contribution in [-0.4, -0.2) is 82.3 Å². The largest absolute Gasteiger partial charge is 0.382 e. The first kappa shape index (κ1) is 23.9. The molecule has 0 aromatic heterocycles. The molecule has 2 fully saturated rings. The zero-order valence-electron chi connectivity index (χ0n) is 18.4. The van der Waals surface area contributed by atoms with Crippen molar-refractivity contribution in [3.63, 3.8) is 0 Å². The Bertz CT molecular complexity index is 833. The number of hydrogen-bond donors (Lipinski definition) is 3. The summed E-state index contributed by atoms with van der Waals surface area (Å²) in [6.07, 6.45) is 1.84. The van der Waals surface area contributed by atoms with E-state index < -0.39 is 36.2 Å². The first-order valence-corrected chi connectivity index (χ1v) is 11.2. The lowest BCUT2D eigenvalue weighted by atomic mass is 10.0. The lowest BCUT2D eigenvalue weighted by Gasteiger charge is -2.32. The summed E-state index contributed by atoms with van der Waals surface area (Å²) in [6, 6.07) is 6.55. The van der Waals surface area contributed by atoms with Crippen molar-refractivity contribution < 1.29 is 24.3 Å². The molecule has 9 heteroatoms. The van der Waals surface area contributed by atoms with E-state index in [0.717, 1.165) is 5.56 Å². The molecule has 0 spiro atoms. The normalized spacial score (nSPS) is 23.5. The molecule has 2 saturated heterocycles. The fraction of sp³-hybridized carbons (Fsp3) is 0.565. The molecule has 3 rings (SSSR count). The lowest BCUT2D eigenvalue weighted by molar-refractivity contribution is -0.151. The molecule has 9 nitrogen and oxygen atoms in total. The van der Waals surface area contributed by atoms with Crippen LogP contribution >= 0.6 is 0 Å². The van der Waals surface area contributed by atoms with Crippen LogP contribution in [-0.2, 0) is 25.6 Å². The molecule has 4 N–H and O–H groups in total. The third-order valence-corrected chi connectivity index (χ3v) is 6.21. The van der Waals surface area contributed by atoms with Gasteiger partial charge < -0.3 is 30.8 Å². The summed E-state index contributed by atoms with van der Waals surface area (Å²) in [4.78, 5) is 52.6. The van der Waals surface area contributed by atoms with Crippen LogP contribution in [0, 0.1) is 0 Å². The van der Waals surface area contributed by atoms with E-state index in [-0.39, 0.29) is 11.8 Å². The number of likely N-dealkylation sites (tertiary alicyclic amines) is 2. The van der Waals surface area contributed by atoms with Gasteiger partial charge in [0, 0.05) is 19.1 Å². The van der Waals surface area contributed by atoms with Crippen LogP contribution in [0.15, 0.2) is 30.3 Å².